The van der Waals surface area contributed by atoms with Crippen LogP contribution in [-0.4, -0.2) is 25.0 Å². The maximum Gasteiger partial charge on any atom is 0.319 e. The Hall–Kier alpha value is -2.48. The molecule has 0 aliphatic carbocycles. The second-order valence-electron chi connectivity index (χ2n) is 3.48. The molecule has 3 amide bonds. The molecule has 1 aromatic carbocycles. The zero-order valence-corrected chi connectivity index (χ0v) is 9.90. The first kappa shape index (κ1) is 13.6. The summed E-state index contributed by atoms with van der Waals surface area (Å²) >= 11 is 0. The molecule has 1 rings (SSSR count). The number of terminal acetylenes is 1. The van der Waals surface area contributed by atoms with Gasteiger partial charge in [-0.05, 0) is 12.1 Å². The molecule has 0 radical (unpaired) electrons. The van der Waals surface area contributed by atoms with Crippen LogP contribution < -0.4 is 16.0 Å². The Labute approximate surface area is 106 Å². The predicted molar refractivity (Wildman–Crippen MR) is 69.9 cm³/mol. The van der Waals surface area contributed by atoms with E-state index in [9.17, 15) is 9.59 Å². The summed E-state index contributed by atoms with van der Waals surface area (Å²) in [5, 5.41) is 7.73. The third-order valence-corrected chi connectivity index (χ3v) is 2.06. The molecule has 94 valence electrons. The third-order valence-electron chi connectivity index (χ3n) is 2.06. The topological polar surface area (TPSA) is 70.2 Å². The van der Waals surface area contributed by atoms with E-state index in [1.807, 2.05) is 18.2 Å². The van der Waals surface area contributed by atoms with E-state index in [1.54, 1.807) is 12.1 Å². The van der Waals surface area contributed by atoms with Crippen molar-refractivity contribution in [2.24, 2.45) is 0 Å². The van der Waals surface area contributed by atoms with Crippen molar-refractivity contribution in [1.29, 1.82) is 0 Å². The average molecular weight is 245 g/mol. The van der Waals surface area contributed by atoms with Crippen LogP contribution in [0, 0.1) is 12.3 Å². The van der Waals surface area contributed by atoms with Crippen LogP contribution in [0.15, 0.2) is 30.3 Å². The first-order chi connectivity index (χ1) is 8.72. The highest BCUT2D eigenvalue weighted by atomic mass is 16.2. The number of carbonyl (C=O) groups is 2. The Bertz CT molecular complexity index is 437. The molecule has 0 spiro atoms. The van der Waals surface area contributed by atoms with Gasteiger partial charge in [-0.15, -0.1) is 6.42 Å². The van der Waals surface area contributed by atoms with Gasteiger partial charge in [-0.25, -0.2) is 4.79 Å². The largest absolute Gasteiger partial charge is 0.345 e. The lowest BCUT2D eigenvalue weighted by Crippen LogP contribution is -2.33. The van der Waals surface area contributed by atoms with Gasteiger partial charge in [0, 0.05) is 18.7 Å². The number of hydrogen-bond donors (Lipinski definition) is 3. The van der Waals surface area contributed by atoms with E-state index in [2.05, 4.69) is 21.9 Å². The molecule has 0 heterocycles. The summed E-state index contributed by atoms with van der Waals surface area (Å²) in [6.45, 7) is 0.462. The molecule has 5 nitrogen and oxygen atoms in total. The summed E-state index contributed by atoms with van der Waals surface area (Å²) in [5.74, 6) is 2.11. The van der Waals surface area contributed by atoms with Crippen LogP contribution in [0.1, 0.15) is 6.42 Å². The summed E-state index contributed by atoms with van der Waals surface area (Å²) in [7, 11) is 0. The van der Waals surface area contributed by atoms with Gasteiger partial charge < -0.3 is 16.0 Å². The molecular weight excluding hydrogens is 230 g/mol. The van der Waals surface area contributed by atoms with Crippen LogP contribution >= 0.6 is 0 Å². The molecule has 18 heavy (non-hydrogen) atoms. The highest BCUT2D eigenvalue weighted by Gasteiger charge is 2.03. The second-order valence-corrected chi connectivity index (χ2v) is 3.48. The van der Waals surface area contributed by atoms with Crippen molar-refractivity contribution in [3.05, 3.63) is 30.3 Å². The van der Waals surface area contributed by atoms with Crippen LogP contribution in [0.25, 0.3) is 0 Å². The number of urea groups is 1. The summed E-state index contributed by atoms with van der Waals surface area (Å²) in [4.78, 5) is 22.6. The first-order valence-electron chi connectivity index (χ1n) is 5.52. The molecule has 5 heteroatoms. The molecule has 0 saturated carbocycles. The number of anilines is 1. The van der Waals surface area contributed by atoms with E-state index in [0.717, 1.165) is 0 Å². The molecule has 0 unspecified atom stereocenters. The standard InChI is InChI=1S/C13H15N3O2/c1-2-9-14-12(17)8-10-15-13(18)16-11-6-4-3-5-7-11/h1,3-7H,8-10H2,(H,14,17)(H2,15,16,18). The molecule has 0 aromatic heterocycles. The van der Waals surface area contributed by atoms with Gasteiger partial charge in [0.15, 0.2) is 0 Å². The zero-order valence-electron chi connectivity index (χ0n) is 9.90. The third kappa shape index (κ3) is 5.56. The van der Waals surface area contributed by atoms with E-state index in [0.29, 0.717) is 5.69 Å². The zero-order chi connectivity index (χ0) is 13.2. The molecule has 0 atom stereocenters. The number of para-hydroxylation sites is 1. The Morgan fingerprint density at radius 3 is 2.56 bits per heavy atom. The van der Waals surface area contributed by atoms with Crippen LogP contribution in [0.3, 0.4) is 0 Å². The van der Waals surface area contributed by atoms with E-state index in [-0.39, 0.29) is 31.4 Å². The van der Waals surface area contributed by atoms with Gasteiger partial charge in [-0.2, -0.15) is 0 Å². The van der Waals surface area contributed by atoms with Gasteiger partial charge in [0.05, 0.1) is 6.54 Å². The lowest BCUT2D eigenvalue weighted by molar-refractivity contribution is -0.120. The van der Waals surface area contributed by atoms with Crippen LogP contribution in [0.5, 0.6) is 0 Å². The fourth-order valence-corrected chi connectivity index (χ4v) is 1.22. The van der Waals surface area contributed by atoms with Crippen LogP contribution in [-0.2, 0) is 4.79 Å². The molecule has 1 aromatic rings. The smallest absolute Gasteiger partial charge is 0.319 e. The Morgan fingerprint density at radius 1 is 1.17 bits per heavy atom. The summed E-state index contributed by atoms with van der Waals surface area (Å²) in [6, 6.07) is 8.72. The van der Waals surface area contributed by atoms with E-state index < -0.39 is 0 Å². The van der Waals surface area contributed by atoms with Gasteiger partial charge in [-0.3, -0.25) is 4.79 Å². The molecular formula is C13H15N3O2. The first-order valence-corrected chi connectivity index (χ1v) is 5.52. The fraction of sp³-hybridized carbons (Fsp3) is 0.231. The minimum absolute atomic E-state index is 0.187. The van der Waals surface area contributed by atoms with Crippen molar-refractivity contribution in [2.45, 2.75) is 6.42 Å². The number of benzene rings is 1. The SMILES string of the molecule is C#CCNC(=O)CCNC(=O)Nc1ccccc1. The second kappa shape index (κ2) is 7.74. The summed E-state index contributed by atoms with van der Waals surface area (Å²) in [5.41, 5.74) is 0.701. The monoisotopic (exact) mass is 245 g/mol. The minimum Gasteiger partial charge on any atom is -0.345 e. The van der Waals surface area contributed by atoms with Crippen molar-refractivity contribution in [1.82, 2.24) is 10.6 Å². The molecule has 0 aliphatic rings. The predicted octanol–water partition coefficient (Wildman–Crippen LogP) is 0.948. The maximum atomic E-state index is 11.4. The average Bonchev–Trinajstić information content (AvgIpc) is 2.37. The van der Waals surface area contributed by atoms with Crippen molar-refractivity contribution in [2.75, 3.05) is 18.4 Å². The molecule has 0 aliphatic heterocycles. The molecule has 3 N–H and O–H groups in total. The maximum absolute atomic E-state index is 11.4. The number of rotatable bonds is 5. The molecule has 0 saturated heterocycles. The van der Waals surface area contributed by atoms with Crippen molar-refractivity contribution in [3.63, 3.8) is 0 Å². The van der Waals surface area contributed by atoms with E-state index >= 15 is 0 Å². The number of nitrogens with one attached hydrogen (secondary N) is 3. The quantitative estimate of drug-likeness (QED) is 0.676. The number of hydrogen-bond acceptors (Lipinski definition) is 2. The fourth-order valence-electron chi connectivity index (χ4n) is 1.22. The normalized spacial score (nSPS) is 9.06. The molecule has 0 fully saturated rings. The highest BCUT2D eigenvalue weighted by molar-refractivity contribution is 5.89. The van der Waals surface area contributed by atoms with Crippen molar-refractivity contribution in [3.8, 4) is 12.3 Å². The van der Waals surface area contributed by atoms with Crippen LogP contribution in [0.4, 0.5) is 10.5 Å². The Kier molecular flexibility index (Phi) is 5.84. The lowest BCUT2D eigenvalue weighted by Gasteiger charge is -2.07. The Morgan fingerprint density at radius 2 is 1.89 bits per heavy atom. The van der Waals surface area contributed by atoms with Crippen molar-refractivity contribution >= 4 is 17.6 Å². The van der Waals surface area contributed by atoms with Gasteiger partial charge in [0.25, 0.3) is 0 Å². The van der Waals surface area contributed by atoms with E-state index in [4.69, 9.17) is 6.42 Å². The Balaban J connectivity index is 2.18. The van der Waals surface area contributed by atoms with Gasteiger partial charge in [0.2, 0.25) is 5.91 Å². The number of amides is 3. The minimum atomic E-state index is -0.342. The van der Waals surface area contributed by atoms with Crippen LogP contribution in [0.2, 0.25) is 0 Å². The van der Waals surface area contributed by atoms with Gasteiger partial charge in [0.1, 0.15) is 0 Å². The van der Waals surface area contributed by atoms with Gasteiger partial charge in [-0.1, -0.05) is 24.1 Å². The number of carbonyl (C=O) groups excluding carboxylic acids is 2. The van der Waals surface area contributed by atoms with Gasteiger partial charge >= 0.3 is 6.03 Å². The lowest BCUT2D eigenvalue weighted by atomic mass is 10.3. The van der Waals surface area contributed by atoms with Crippen molar-refractivity contribution < 1.29 is 9.59 Å². The highest BCUT2D eigenvalue weighted by Crippen LogP contribution is 2.03. The summed E-state index contributed by atoms with van der Waals surface area (Å²) < 4.78 is 0. The summed E-state index contributed by atoms with van der Waals surface area (Å²) in [6.07, 6.45) is 5.19. The molecule has 0 bridgehead atoms. The van der Waals surface area contributed by atoms with E-state index in [1.165, 1.54) is 0 Å².